The van der Waals surface area contributed by atoms with Crippen molar-refractivity contribution in [2.24, 2.45) is 5.73 Å². The highest BCUT2D eigenvalue weighted by Crippen LogP contribution is 2.23. The molecule has 6 heteroatoms. The van der Waals surface area contributed by atoms with Crippen molar-refractivity contribution in [1.82, 2.24) is 10.2 Å². The van der Waals surface area contributed by atoms with Gasteiger partial charge in [0.25, 0.3) is 0 Å². The molecule has 1 aliphatic carbocycles. The molecule has 0 bridgehead atoms. The summed E-state index contributed by atoms with van der Waals surface area (Å²) < 4.78 is 0.791. The smallest absolute Gasteiger partial charge is 0.221 e. The summed E-state index contributed by atoms with van der Waals surface area (Å²) in [5.41, 5.74) is 5.78. The Morgan fingerprint density at radius 1 is 1.63 bits per heavy atom. The molecule has 1 saturated carbocycles. The minimum Gasteiger partial charge on any atom is -0.353 e. The Kier molecular flexibility index (Phi) is 5.21. The fraction of sp³-hybridized carbons (Fsp3) is 0.615. The van der Waals surface area contributed by atoms with Crippen LogP contribution in [0.3, 0.4) is 0 Å². The molecule has 2 rings (SSSR count). The maximum absolute atomic E-state index is 11.8. The third kappa shape index (κ3) is 4.76. The van der Waals surface area contributed by atoms with Crippen molar-refractivity contribution in [2.75, 3.05) is 13.6 Å². The van der Waals surface area contributed by atoms with E-state index in [1.54, 1.807) is 11.3 Å². The molecule has 1 unspecified atom stereocenters. The van der Waals surface area contributed by atoms with Crippen LogP contribution in [0.15, 0.2) is 12.1 Å². The van der Waals surface area contributed by atoms with Crippen molar-refractivity contribution in [1.29, 1.82) is 0 Å². The fourth-order valence-electron chi connectivity index (χ4n) is 1.96. The maximum Gasteiger partial charge on any atom is 0.221 e. The van der Waals surface area contributed by atoms with Crippen LogP contribution in [-0.4, -0.2) is 36.5 Å². The second-order valence-corrected chi connectivity index (χ2v) is 6.86. The highest BCUT2D eigenvalue weighted by atomic mass is 35.5. The van der Waals surface area contributed by atoms with Gasteiger partial charge in [-0.25, -0.2) is 0 Å². The lowest BCUT2D eigenvalue weighted by molar-refractivity contribution is -0.122. The van der Waals surface area contributed by atoms with Crippen molar-refractivity contribution in [3.8, 4) is 0 Å². The third-order valence-electron chi connectivity index (χ3n) is 3.29. The predicted molar refractivity (Wildman–Crippen MR) is 79.4 cm³/mol. The number of nitrogens with zero attached hydrogens (tertiary/aromatic N) is 1. The molecule has 106 valence electrons. The molecule has 0 aliphatic heterocycles. The quantitative estimate of drug-likeness (QED) is 0.808. The van der Waals surface area contributed by atoms with Gasteiger partial charge in [0.2, 0.25) is 5.91 Å². The van der Waals surface area contributed by atoms with Gasteiger partial charge in [0.1, 0.15) is 0 Å². The first-order chi connectivity index (χ1) is 9.08. The van der Waals surface area contributed by atoms with Crippen LogP contribution in [0.4, 0.5) is 0 Å². The van der Waals surface area contributed by atoms with Crippen molar-refractivity contribution >= 4 is 28.8 Å². The van der Waals surface area contributed by atoms with Gasteiger partial charge in [-0.1, -0.05) is 11.6 Å². The highest BCUT2D eigenvalue weighted by molar-refractivity contribution is 7.16. The lowest BCUT2D eigenvalue weighted by Gasteiger charge is -2.26. The van der Waals surface area contributed by atoms with Gasteiger partial charge in [0.15, 0.2) is 0 Å². The van der Waals surface area contributed by atoms with Gasteiger partial charge < -0.3 is 11.1 Å². The largest absolute Gasteiger partial charge is 0.353 e. The molecule has 1 aromatic rings. The number of amides is 1. The minimum absolute atomic E-state index is 0.0691. The molecule has 0 spiro atoms. The summed E-state index contributed by atoms with van der Waals surface area (Å²) in [6.45, 7) is 1.25. The van der Waals surface area contributed by atoms with E-state index >= 15 is 0 Å². The van der Waals surface area contributed by atoms with E-state index in [1.807, 2.05) is 19.2 Å². The Morgan fingerprint density at radius 3 is 2.89 bits per heavy atom. The molecule has 1 heterocycles. The number of thiophene rings is 1. The van der Waals surface area contributed by atoms with Gasteiger partial charge in [-0.15, -0.1) is 11.3 Å². The van der Waals surface area contributed by atoms with Crippen molar-refractivity contribution in [3.05, 3.63) is 21.3 Å². The molecular formula is C13H20ClN3OS. The summed E-state index contributed by atoms with van der Waals surface area (Å²) in [5, 5.41) is 3.00. The molecule has 0 radical (unpaired) electrons. The molecule has 19 heavy (non-hydrogen) atoms. The molecule has 1 fully saturated rings. The lowest BCUT2D eigenvalue weighted by Crippen LogP contribution is -2.41. The molecule has 4 nitrogen and oxygen atoms in total. The van der Waals surface area contributed by atoms with Crippen molar-refractivity contribution in [2.45, 2.75) is 37.9 Å². The minimum atomic E-state index is 0.0691. The number of carbonyl (C=O) groups is 1. The average molecular weight is 302 g/mol. The molecule has 0 saturated heterocycles. The average Bonchev–Trinajstić information content (AvgIpc) is 3.08. The van der Waals surface area contributed by atoms with E-state index in [1.165, 1.54) is 4.88 Å². The molecule has 1 amide bonds. The summed E-state index contributed by atoms with van der Waals surface area (Å²) in [7, 11) is 2.00. The van der Waals surface area contributed by atoms with Crippen LogP contribution in [0.1, 0.15) is 24.1 Å². The summed E-state index contributed by atoms with van der Waals surface area (Å²) in [6, 6.07) is 4.39. The molecule has 0 aromatic carbocycles. The Bertz CT molecular complexity index is 433. The van der Waals surface area contributed by atoms with Gasteiger partial charge in [0, 0.05) is 36.5 Å². The van der Waals surface area contributed by atoms with E-state index in [-0.39, 0.29) is 11.9 Å². The van der Waals surface area contributed by atoms with Gasteiger partial charge in [0.05, 0.1) is 4.34 Å². The predicted octanol–water partition coefficient (Wildman–Crippen LogP) is 1.83. The molecule has 1 aromatic heterocycles. The van der Waals surface area contributed by atoms with Gasteiger partial charge >= 0.3 is 0 Å². The normalized spacial score (nSPS) is 16.6. The standard InChI is InChI=1S/C13H20ClN3OS/c1-17(8-11-4-5-12(14)19-11)10(7-15)6-13(18)16-9-2-3-9/h4-5,9-10H,2-3,6-8,15H2,1H3,(H,16,18). The van der Waals surface area contributed by atoms with Crippen LogP contribution in [0, 0.1) is 0 Å². The van der Waals surface area contributed by atoms with E-state index in [2.05, 4.69) is 10.2 Å². The van der Waals surface area contributed by atoms with Crippen LogP contribution < -0.4 is 11.1 Å². The van der Waals surface area contributed by atoms with E-state index in [0.29, 0.717) is 19.0 Å². The number of rotatable bonds is 7. The molecule has 1 atom stereocenters. The lowest BCUT2D eigenvalue weighted by atomic mass is 10.1. The topological polar surface area (TPSA) is 58.4 Å². The van der Waals surface area contributed by atoms with Gasteiger partial charge in [-0.05, 0) is 32.0 Å². The summed E-state index contributed by atoms with van der Waals surface area (Å²) >= 11 is 7.48. The Balaban J connectivity index is 1.83. The van der Waals surface area contributed by atoms with E-state index in [9.17, 15) is 4.79 Å². The molecule has 1 aliphatic rings. The number of carbonyl (C=O) groups excluding carboxylic acids is 1. The monoisotopic (exact) mass is 301 g/mol. The van der Waals surface area contributed by atoms with Crippen LogP contribution in [0.5, 0.6) is 0 Å². The number of halogens is 1. The van der Waals surface area contributed by atoms with Crippen LogP contribution in [0.25, 0.3) is 0 Å². The second kappa shape index (κ2) is 6.70. The Labute approximate surface area is 122 Å². The first-order valence-electron chi connectivity index (χ1n) is 6.52. The first-order valence-corrected chi connectivity index (χ1v) is 7.72. The number of nitrogens with one attached hydrogen (secondary N) is 1. The van der Waals surface area contributed by atoms with Crippen molar-refractivity contribution in [3.63, 3.8) is 0 Å². The van der Waals surface area contributed by atoms with Gasteiger partial charge in [-0.3, -0.25) is 9.69 Å². The van der Waals surface area contributed by atoms with Crippen LogP contribution in [-0.2, 0) is 11.3 Å². The van der Waals surface area contributed by atoms with E-state index < -0.39 is 0 Å². The second-order valence-electron chi connectivity index (χ2n) is 5.06. The number of hydrogen-bond donors (Lipinski definition) is 2. The Morgan fingerprint density at radius 2 is 2.37 bits per heavy atom. The van der Waals surface area contributed by atoms with Crippen LogP contribution in [0.2, 0.25) is 4.34 Å². The summed E-state index contributed by atoms with van der Waals surface area (Å²) in [4.78, 5) is 15.1. The molecule has 3 N–H and O–H groups in total. The SMILES string of the molecule is CN(Cc1ccc(Cl)s1)C(CN)CC(=O)NC1CC1. The zero-order valence-corrected chi connectivity index (χ0v) is 12.6. The fourth-order valence-corrected chi connectivity index (χ4v) is 3.11. The van der Waals surface area contributed by atoms with Crippen LogP contribution >= 0.6 is 22.9 Å². The number of nitrogens with two attached hydrogens (primary N) is 1. The van der Waals surface area contributed by atoms with E-state index in [4.69, 9.17) is 17.3 Å². The zero-order valence-electron chi connectivity index (χ0n) is 11.1. The number of likely N-dealkylation sites (N-methyl/N-ethyl adjacent to an activating group) is 1. The van der Waals surface area contributed by atoms with E-state index in [0.717, 1.165) is 23.7 Å². The molecular weight excluding hydrogens is 282 g/mol. The highest BCUT2D eigenvalue weighted by Gasteiger charge is 2.25. The number of hydrogen-bond acceptors (Lipinski definition) is 4. The first kappa shape index (κ1) is 14.8. The third-order valence-corrected chi connectivity index (χ3v) is 4.51. The summed E-state index contributed by atoms with van der Waals surface area (Å²) in [5.74, 6) is 0.106. The Hall–Kier alpha value is -0.620. The zero-order chi connectivity index (χ0) is 13.8. The summed E-state index contributed by atoms with van der Waals surface area (Å²) in [6.07, 6.45) is 2.69. The maximum atomic E-state index is 11.8. The van der Waals surface area contributed by atoms with Gasteiger partial charge in [-0.2, -0.15) is 0 Å². The van der Waals surface area contributed by atoms with Crippen molar-refractivity contribution < 1.29 is 4.79 Å².